The summed E-state index contributed by atoms with van der Waals surface area (Å²) in [4.78, 5) is 10.7. The van der Waals surface area contributed by atoms with Gasteiger partial charge in [0.05, 0.1) is 30.1 Å². The standard InChI is InChI=1S/C14H20O6S/c1-11-4-6-12(7-5-11)21(17,18)20-9-8-19-14(2,3)10-13(15)16/h4-7H,8-10H2,1-3H3,(H,15,16). The van der Waals surface area contributed by atoms with Crippen LogP contribution in [0.25, 0.3) is 0 Å². The van der Waals surface area contributed by atoms with Crippen LogP contribution in [0.4, 0.5) is 0 Å². The van der Waals surface area contributed by atoms with Crippen molar-refractivity contribution in [2.45, 2.75) is 37.7 Å². The van der Waals surface area contributed by atoms with Crippen LogP contribution >= 0.6 is 0 Å². The summed E-state index contributed by atoms with van der Waals surface area (Å²) in [5.41, 5.74) is 0.0794. The van der Waals surface area contributed by atoms with Crippen LogP contribution in [-0.4, -0.2) is 38.3 Å². The van der Waals surface area contributed by atoms with Crippen molar-refractivity contribution in [2.75, 3.05) is 13.2 Å². The molecule has 0 radical (unpaired) electrons. The van der Waals surface area contributed by atoms with E-state index in [9.17, 15) is 13.2 Å². The van der Waals surface area contributed by atoms with Gasteiger partial charge in [-0.3, -0.25) is 8.98 Å². The van der Waals surface area contributed by atoms with Crippen LogP contribution in [0.3, 0.4) is 0 Å². The smallest absolute Gasteiger partial charge is 0.306 e. The van der Waals surface area contributed by atoms with Gasteiger partial charge in [0.15, 0.2) is 0 Å². The van der Waals surface area contributed by atoms with Crippen LogP contribution < -0.4 is 0 Å². The van der Waals surface area contributed by atoms with Gasteiger partial charge in [0.2, 0.25) is 0 Å². The third-order valence-corrected chi connectivity index (χ3v) is 4.03. The lowest BCUT2D eigenvalue weighted by molar-refractivity contribution is -0.144. The van der Waals surface area contributed by atoms with Gasteiger partial charge in [0.25, 0.3) is 10.1 Å². The number of carboxylic acid groups (broad SMARTS) is 1. The summed E-state index contributed by atoms with van der Waals surface area (Å²) in [6, 6.07) is 6.31. The van der Waals surface area contributed by atoms with Crippen LogP contribution in [0.1, 0.15) is 25.8 Å². The first kappa shape index (κ1) is 17.6. The maximum Gasteiger partial charge on any atom is 0.306 e. The summed E-state index contributed by atoms with van der Waals surface area (Å²) in [5.74, 6) is -0.979. The van der Waals surface area contributed by atoms with Crippen molar-refractivity contribution in [3.8, 4) is 0 Å². The molecule has 0 aliphatic carbocycles. The molecule has 0 heterocycles. The van der Waals surface area contributed by atoms with Gasteiger partial charge >= 0.3 is 5.97 Å². The minimum Gasteiger partial charge on any atom is -0.481 e. The molecule has 21 heavy (non-hydrogen) atoms. The molecule has 0 fully saturated rings. The van der Waals surface area contributed by atoms with E-state index < -0.39 is 21.7 Å². The highest BCUT2D eigenvalue weighted by atomic mass is 32.2. The van der Waals surface area contributed by atoms with Crippen molar-refractivity contribution in [2.24, 2.45) is 0 Å². The number of aryl methyl sites for hydroxylation is 1. The molecule has 0 aliphatic heterocycles. The zero-order valence-electron chi connectivity index (χ0n) is 12.3. The molecule has 1 N–H and O–H groups in total. The normalized spacial score (nSPS) is 12.3. The highest BCUT2D eigenvalue weighted by Gasteiger charge is 2.23. The molecular weight excluding hydrogens is 296 g/mol. The molecule has 1 aromatic carbocycles. The first-order valence-corrected chi connectivity index (χ1v) is 7.85. The lowest BCUT2D eigenvalue weighted by Gasteiger charge is -2.23. The number of rotatable bonds is 8. The van der Waals surface area contributed by atoms with Gasteiger partial charge in [-0.1, -0.05) is 17.7 Å². The molecule has 0 unspecified atom stereocenters. The maximum absolute atomic E-state index is 11.9. The summed E-state index contributed by atoms with van der Waals surface area (Å²) in [6.45, 7) is 4.92. The van der Waals surface area contributed by atoms with Crippen molar-refractivity contribution in [1.29, 1.82) is 0 Å². The largest absolute Gasteiger partial charge is 0.481 e. The lowest BCUT2D eigenvalue weighted by Crippen LogP contribution is -2.29. The van der Waals surface area contributed by atoms with Gasteiger partial charge in [-0.2, -0.15) is 8.42 Å². The number of benzene rings is 1. The topological polar surface area (TPSA) is 89.9 Å². The second-order valence-corrected chi connectivity index (χ2v) is 6.88. The average molecular weight is 316 g/mol. The van der Waals surface area contributed by atoms with Crippen molar-refractivity contribution >= 4 is 16.1 Å². The molecule has 1 aromatic rings. The summed E-state index contributed by atoms with van der Waals surface area (Å²) >= 11 is 0. The van der Waals surface area contributed by atoms with Gasteiger partial charge in [-0.05, 0) is 32.9 Å². The van der Waals surface area contributed by atoms with E-state index in [0.29, 0.717) is 0 Å². The van der Waals surface area contributed by atoms with Gasteiger partial charge in [0.1, 0.15) is 0 Å². The van der Waals surface area contributed by atoms with Crippen molar-refractivity contribution in [3.05, 3.63) is 29.8 Å². The second-order valence-electron chi connectivity index (χ2n) is 5.27. The molecule has 0 aliphatic rings. The molecule has 7 heteroatoms. The van der Waals surface area contributed by atoms with Crippen LogP contribution in [0.5, 0.6) is 0 Å². The summed E-state index contributed by atoms with van der Waals surface area (Å²) in [5, 5.41) is 8.70. The number of hydrogen-bond acceptors (Lipinski definition) is 5. The Morgan fingerprint density at radius 1 is 1.19 bits per heavy atom. The van der Waals surface area contributed by atoms with E-state index in [1.807, 2.05) is 6.92 Å². The monoisotopic (exact) mass is 316 g/mol. The fourth-order valence-corrected chi connectivity index (χ4v) is 2.54. The molecule has 0 aromatic heterocycles. The number of hydrogen-bond donors (Lipinski definition) is 1. The Morgan fingerprint density at radius 3 is 2.29 bits per heavy atom. The zero-order valence-corrected chi connectivity index (χ0v) is 13.1. The third-order valence-electron chi connectivity index (χ3n) is 2.70. The summed E-state index contributed by atoms with van der Waals surface area (Å²) in [6.07, 6.45) is -0.169. The number of aliphatic carboxylic acids is 1. The van der Waals surface area contributed by atoms with Crippen LogP contribution in [0.15, 0.2) is 29.2 Å². The molecular formula is C14H20O6S. The Hall–Kier alpha value is -1.44. The zero-order chi connectivity index (χ0) is 16.1. The number of ether oxygens (including phenoxy) is 1. The van der Waals surface area contributed by atoms with Crippen LogP contribution in [-0.2, 0) is 23.8 Å². The summed E-state index contributed by atoms with van der Waals surface area (Å²) in [7, 11) is -3.81. The Morgan fingerprint density at radius 2 is 1.76 bits per heavy atom. The molecule has 0 bridgehead atoms. The van der Waals surface area contributed by atoms with E-state index in [1.54, 1.807) is 26.0 Å². The Balaban J connectivity index is 2.48. The summed E-state index contributed by atoms with van der Waals surface area (Å²) < 4.78 is 33.9. The molecule has 0 amide bonds. The molecule has 1 rings (SSSR count). The fourth-order valence-electron chi connectivity index (χ4n) is 1.65. The minimum atomic E-state index is -3.81. The van der Waals surface area contributed by atoms with Gasteiger partial charge < -0.3 is 9.84 Å². The van der Waals surface area contributed by atoms with E-state index in [1.165, 1.54) is 12.1 Å². The van der Waals surface area contributed by atoms with E-state index in [4.69, 9.17) is 14.0 Å². The van der Waals surface area contributed by atoms with Crippen LogP contribution in [0, 0.1) is 6.92 Å². The van der Waals surface area contributed by atoms with Crippen molar-refractivity contribution in [3.63, 3.8) is 0 Å². The van der Waals surface area contributed by atoms with E-state index >= 15 is 0 Å². The van der Waals surface area contributed by atoms with E-state index in [0.717, 1.165) is 5.56 Å². The van der Waals surface area contributed by atoms with Crippen molar-refractivity contribution < 1.29 is 27.2 Å². The van der Waals surface area contributed by atoms with E-state index in [2.05, 4.69) is 0 Å². The molecule has 6 nitrogen and oxygen atoms in total. The SMILES string of the molecule is Cc1ccc(S(=O)(=O)OCCOC(C)(C)CC(=O)O)cc1. The highest BCUT2D eigenvalue weighted by molar-refractivity contribution is 7.86. The van der Waals surface area contributed by atoms with Gasteiger partial charge in [-0.25, -0.2) is 0 Å². The van der Waals surface area contributed by atoms with Gasteiger partial charge in [0, 0.05) is 0 Å². The maximum atomic E-state index is 11.9. The third kappa shape index (κ3) is 6.24. The average Bonchev–Trinajstić information content (AvgIpc) is 2.34. The quantitative estimate of drug-likeness (QED) is 0.582. The van der Waals surface area contributed by atoms with E-state index in [-0.39, 0.29) is 24.5 Å². The first-order chi connectivity index (χ1) is 9.62. The van der Waals surface area contributed by atoms with Gasteiger partial charge in [-0.15, -0.1) is 0 Å². The first-order valence-electron chi connectivity index (χ1n) is 6.44. The molecule has 0 spiro atoms. The predicted molar refractivity (Wildman–Crippen MR) is 76.6 cm³/mol. The molecule has 0 atom stereocenters. The second kappa shape index (κ2) is 7.02. The molecule has 0 saturated heterocycles. The lowest BCUT2D eigenvalue weighted by atomic mass is 10.1. The highest BCUT2D eigenvalue weighted by Crippen LogP contribution is 2.16. The number of carboxylic acids is 1. The Labute approximate surface area is 124 Å². The Bertz CT molecular complexity index is 574. The molecule has 0 saturated carbocycles. The minimum absolute atomic E-state index is 0.00856. The Kier molecular flexibility index (Phi) is 5.88. The fraction of sp³-hybridized carbons (Fsp3) is 0.500. The molecule has 118 valence electrons. The van der Waals surface area contributed by atoms with Crippen molar-refractivity contribution in [1.82, 2.24) is 0 Å². The van der Waals surface area contributed by atoms with Crippen LogP contribution in [0.2, 0.25) is 0 Å². The number of carbonyl (C=O) groups is 1. The predicted octanol–water partition coefficient (Wildman–Crippen LogP) is 1.97.